The molecule has 3 rings (SSSR count). The van der Waals surface area contributed by atoms with Crippen molar-refractivity contribution in [3.05, 3.63) is 29.8 Å². The molecule has 2 aliphatic rings. The van der Waals surface area contributed by atoms with Gasteiger partial charge in [0.15, 0.2) is 0 Å². The van der Waals surface area contributed by atoms with Crippen LogP contribution < -0.4 is 10.1 Å². The number of ether oxygens (including phenoxy) is 1. The largest absolute Gasteiger partial charge is 0.496 e. The third kappa shape index (κ3) is 5.96. The molecule has 2 aliphatic heterocycles. The molecule has 1 amide bonds. The number of likely N-dealkylation sites (N-methyl/N-ethyl adjacent to an activating group) is 1. The number of rotatable bonds is 5. The van der Waals surface area contributed by atoms with Crippen LogP contribution in [0.2, 0.25) is 0 Å². The lowest BCUT2D eigenvalue weighted by atomic mass is 10.0. The van der Waals surface area contributed by atoms with Crippen LogP contribution in [0.3, 0.4) is 0 Å². The number of amides is 1. The number of nitrogens with zero attached hydrogens (tertiary/aromatic N) is 3. The lowest BCUT2D eigenvalue weighted by Crippen LogP contribution is -2.54. The Kier molecular flexibility index (Phi) is 10.4. The molecule has 2 saturated heterocycles. The molecule has 1 atom stereocenters. The van der Waals surface area contributed by atoms with E-state index in [4.69, 9.17) is 4.74 Å². The maximum absolute atomic E-state index is 13.0. The minimum atomic E-state index is 0. The van der Waals surface area contributed by atoms with E-state index in [1.807, 2.05) is 23.1 Å². The second-order valence-electron chi connectivity index (χ2n) is 6.76. The van der Waals surface area contributed by atoms with Gasteiger partial charge in [-0.15, -0.1) is 24.8 Å². The number of hydrogen-bond acceptors (Lipinski definition) is 5. The molecule has 1 unspecified atom stereocenters. The van der Waals surface area contributed by atoms with Crippen molar-refractivity contribution >= 4 is 30.7 Å². The highest BCUT2D eigenvalue weighted by atomic mass is 35.5. The smallest absolute Gasteiger partial charge is 0.237 e. The highest BCUT2D eigenvalue weighted by Gasteiger charge is 2.31. The van der Waals surface area contributed by atoms with Crippen LogP contribution in [0.15, 0.2) is 24.3 Å². The van der Waals surface area contributed by atoms with Gasteiger partial charge in [0.25, 0.3) is 0 Å². The Morgan fingerprint density at radius 1 is 1.11 bits per heavy atom. The topological polar surface area (TPSA) is 48.0 Å². The number of halogens is 2. The predicted octanol–water partition coefficient (Wildman–Crippen LogP) is 1.65. The van der Waals surface area contributed by atoms with Crippen LogP contribution in [-0.4, -0.2) is 86.6 Å². The Hall–Kier alpha value is -1.05. The van der Waals surface area contributed by atoms with Crippen molar-refractivity contribution < 1.29 is 9.53 Å². The average Bonchev–Trinajstić information content (AvgIpc) is 2.68. The molecule has 1 aromatic carbocycles. The highest BCUT2D eigenvalue weighted by molar-refractivity contribution is 5.85. The zero-order chi connectivity index (χ0) is 17.6. The Labute approximate surface area is 175 Å². The van der Waals surface area contributed by atoms with Gasteiger partial charge in [-0.1, -0.05) is 25.1 Å². The summed E-state index contributed by atoms with van der Waals surface area (Å²) in [5.41, 5.74) is 1.08. The van der Waals surface area contributed by atoms with E-state index in [9.17, 15) is 4.79 Å². The molecule has 0 bridgehead atoms. The van der Waals surface area contributed by atoms with Gasteiger partial charge in [-0.3, -0.25) is 9.69 Å². The first kappa shape index (κ1) is 24.0. The van der Waals surface area contributed by atoms with Gasteiger partial charge < -0.3 is 19.9 Å². The van der Waals surface area contributed by atoms with Crippen LogP contribution in [0.5, 0.6) is 5.75 Å². The summed E-state index contributed by atoms with van der Waals surface area (Å²) in [7, 11) is 1.69. The summed E-state index contributed by atoms with van der Waals surface area (Å²) in [5.74, 6) is 1.08. The molecule has 154 valence electrons. The minimum Gasteiger partial charge on any atom is -0.496 e. The second kappa shape index (κ2) is 11.7. The quantitative estimate of drug-likeness (QED) is 0.787. The number of nitrogens with one attached hydrogen (secondary N) is 1. The van der Waals surface area contributed by atoms with Gasteiger partial charge in [0.2, 0.25) is 5.91 Å². The van der Waals surface area contributed by atoms with Crippen molar-refractivity contribution in [2.24, 2.45) is 0 Å². The number of para-hydroxylation sites is 1. The van der Waals surface area contributed by atoms with Crippen molar-refractivity contribution in [2.45, 2.75) is 13.0 Å². The minimum absolute atomic E-state index is 0. The van der Waals surface area contributed by atoms with E-state index in [2.05, 4.69) is 28.1 Å². The van der Waals surface area contributed by atoms with Crippen LogP contribution in [0.25, 0.3) is 0 Å². The van der Waals surface area contributed by atoms with Gasteiger partial charge in [0, 0.05) is 51.4 Å². The van der Waals surface area contributed by atoms with Gasteiger partial charge in [0.05, 0.1) is 19.7 Å². The maximum Gasteiger partial charge on any atom is 0.237 e. The van der Waals surface area contributed by atoms with Crippen molar-refractivity contribution in [1.82, 2.24) is 20.0 Å². The lowest BCUT2D eigenvalue weighted by molar-refractivity contribution is -0.136. The van der Waals surface area contributed by atoms with E-state index in [1.165, 1.54) is 0 Å². The maximum atomic E-state index is 13.0. The molecule has 0 aliphatic carbocycles. The monoisotopic (exact) mass is 418 g/mol. The Bertz CT molecular complexity index is 583. The molecule has 0 radical (unpaired) electrons. The Morgan fingerprint density at radius 3 is 2.44 bits per heavy atom. The number of carbonyl (C=O) groups excluding carboxylic acids is 1. The molecule has 2 heterocycles. The SMILES string of the molecule is CCN1CCN(CC(=O)N2CCNCC2c2ccccc2OC)CC1.Cl.Cl. The summed E-state index contributed by atoms with van der Waals surface area (Å²) in [4.78, 5) is 19.8. The fourth-order valence-corrected chi connectivity index (χ4v) is 3.77. The first-order valence-electron chi connectivity index (χ1n) is 9.30. The molecular weight excluding hydrogens is 387 g/mol. The van der Waals surface area contributed by atoms with E-state index in [0.29, 0.717) is 6.54 Å². The third-order valence-electron chi connectivity index (χ3n) is 5.33. The summed E-state index contributed by atoms with van der Waals surface area (Å²) < 4.78 is 5.52. The molecule has 2 fully saturated rings. The Morgan fingerprint density at radius 2 is 1.78 bits per heavy atom. The van der Waals surface area contributed by atoms with Gasteiger partial charge in [-0.25, -0.2) is 0 Å². The summed E-state index contributed by atoms with van der Waals surface area (Å²) in [6.07, 6.45) is 0. The van der Waals surface area contributed by atoms with Crippen LogP contribution in [-0.2, 0) is 4.79 Å². The van der Waals surface area contributed by atoms with Crippen molar-refractivity contribution in [3.63, 3.8) is 0 Å². The fourth-order valence-electron chi connectivity index (χ4n) is 3.77. The molecule has 8 heteroatoms. The van der Waals surface area contributed by atoms with E-state index < -0.39 is 0 Å². The predicted molar refractivity (Wildman–Crippen MR) is 113 cm³/mol. The Balaban J connectivity index is 0.00000182. The molecule has 1 aromatic rings. The zero-order valence-corrected chi connectivity index (χ0v) is 17.9. The van der Waals surface area contributed by atoms with Gasteiger partial charge >= 0.3 is 0 Å². The normalized spacial score (nSPS) is 21.1. The van der Waals surface area contributed by atoms with Gasteiger partial charge in [-0.2, -0.15) is 0 Å². The summed E-state index contributed by atoms with van der Waals surface area (Å²) in [5, 5.41) is 3.42. The van der Waals surface area contributed by atoms with E-state index in [1.54, 1.807) is 7.11 Å². The highest BCUT2D eigenvalue weighted by Crippen LogP contribution is 2.30. The summed E-state index contributed by atoms with van der Waals surface area (Å²) in [6.45, 7) is 10.2. The second-order valence-corrected chi connectivity index (χ2v) is 6.76. The van der Waals surface area contributed by atoms with E-state index >= 15 is 0 Å². The van der Waals surface area contributed by atoms with Crippen LogP contribution in [0.1, 0.15) is 18.5 Å². The van der Waals surface area contributed by atoms with Crippen LogP contribution in [0.4, 0.5) is 0 Å². The molecular formula is C19H32Cl2N4O2. The van der Waals surface area contributed by atoms with Gasteiger partial charge in [0.1, 0.15) is 5.75 Å². The third-order valence-corrected chi connectivity index (χ3v) is 5.33. The standard InChI is InChI=1S/C19H30N4O2.2ClH/c1-3-21-10-12-22(13-11-21)15-19(24)23-9-8-20-14-17(23)16-6-4-5-7-18(16)25-2;;/h4-7,17,20H,3,8-15H2,1-2H3;2*1H. The first-order valence-corrected chi connectivity index (χ1v) is 9.30. The molecule has 0 saturated carbocycles. The average molecular weight is 419 g/mol. The number of methoxy groups -OCH3 is 1. The van der Waals surface area contributed by atoms with Crippen LogP contribution in [0, 0.1) is 0 Å². The molecule has 6 nitrogen and oxygen atoms in total. The lowest BCUT2D eigenvalue weighted by Gasteiger charge is -2.39. The number of benzene rings is 1. The first-order chi connectivity index (χ1) is 12.2. The summed E-state index contributed by atoms with van der Waals surface area (Å²) in [6, 6.07) is 8.05. The zero-order valence-electron chi connectivity index (χ0n) is 16.2. The molecule has 0 aromatic heterocycles. The van der Waals surface area contributed by atoms with Crippen LogP contribution >= 0.6 is 24.8 Å². The molecule has 0 spiro atoms. The fraction of sp³-hybridized carbons (Fsp3) is 0.632. The van der Waals surface area contributed by atoms with E-state index in [-0.39, 0.29) is 36.8 Å². The number of carbonyl (C=O) groups is 1. The van der Waals surface area contributed by atoms with Crippen molar-refractivity contribution in [3.8, 4) is 5.75 Å². The molecule has 27 heavy (non-hydrogen) atoms. The van der Waals surface area contributed by atoms with Gasteiger partial charge in [-0.05, 0) is 12.6 Å². The molecule has 1 N–H and O–H groups in total. The number of piperazine rings is 2. The van der Waals surface area contributed by atoms with Crippen molar-refractivity contribution in [1.29, 1.82) is 0 Å². The summed E-state index contributed by atoms with van der Waals surface area (Å²) >= 11 is 0. The number of hydrogen-bond donors (Lipinski definition) is 1. The van der Waals surface area contributed by atoms with E-state index in [0.717, 1.165) is 63.7 Å². The van der Waals surface area contributed by atoms with Crippen molar-refractivity contribution in [2.75, 3.05) is 66.0 Å².